The quantitative estimate of drug-likeness (QED) is 0.890. The molecule has 0 saturated heterocycles. The zero-order valence-electron chi connectivity index (χ0n) is 12.4. The van der Waals surface area contributed by atoms with Gasteiger partial charge in [-0.2, -0.15) is 0 Å². The molecule has 0 radical (unpaired) electrons. The maximum absolute atomic E-state index is 12.4. The summed E-state index contributed by atoms with van der Waals surface area (Å²) in [6.07, 6.45) is 0.309. The van der Waals surface area contributed by atoms with E-state index in [0.717, 1.165) is 11.1 Å². The molecule has 1 aliphatic heterocycles. The van der Waals surface area contributed by atoms with E-state index >= 15 is 0 Å². The van der Waals surface area contributed by atoms with Crippen LogP contribution >= 0.6 is 0 Å². The molecule has 2 N–H and O–H groups in total. The molecule has 5 heteroatoms. The van der Waals surface area contributed by atoms with Crippen molar-refractivity contribution >= 4 is 11.7 Å². The second-order valence-electron chi connectivity index (χ2n) is 5.83. The van der Waals surface area contributed by atoms with Gasteiger partial charge in [0, 0.05) is 18.4 Å². The molecule has 1 aromatic carbocycles. The topological polar surface area (TPSA) is 66.9 Å². The van der Waals surface area contributed by atoms with Gasteiger partial charge in [-0.25, -0.2) is 0 Å². The normalized spacial score (nSPS) is 17.7. The number of aromatic amines is 1. The first-order valence-electron chi connectivity index (χ1n) is 7.18. The molecule has 5 nitrogen and oxygen atoms in total. The van der Waals surface area contributed by atoms with E-state index in [1.807, 2.05) is 45.0 Å². The number of amides is 1. The number of anilines is 1. The van der Waals surface area contributed by atoms with Gasteiger partial charge in [-0.05, 0) is 31.9 Å². The monoisotopic (exact) mass is 285 g/mol. The summed E-state index contributed by atoms with van der Waals surface area (Å²) in [5, 5.41) is 5.68. The van der Waals surface area contributed by atoms with Crippen LogP contribution in [0.1, 0.15) is 48.9 Å². The van der Waals surface area contributed by atoms with Crippen LogP contribution in [-0.2, 0) is 4.79 Å². The Morgan fingerprint density at radius 2 is 1.95 bits per heavy atom. The molecule has 21 heavy (non-hydrogen) atoms. The summed E-state index contributed by atoms with van der Waals surface area (Å²) in [6.45, 7) is 5.95. The van der Waals surface area contributed by atoms with Gasteiger partial charge in [-0.15, -0.1) is 0 Å². The number of nitrogens with zero attached hydrogens (tertiary/aromatic N) is 1. The number of H-pyrrole nitrogens is 1. The maximum atomic E-state index is 12.4. The van der Waals surface area contributed by atoms with Crippen LogP contribution in [0.15, 0.2) is 29.1 Å². The number of aromatic nitrogens is 2. The van der Waals surface area contributed by atoms with Crippen LogP contribution < -0.4 is 10.9 Å². The van der Waals surface area contributed by atoms with Gasteiger partial charge in [-0.3, -0.25) is 19.4 Å². The van der Waals surface area contributed by atoms with Crippen molar-refractivity contribution in [2.45, 2.75) is 39.2 Å². The van der Waals surface area contributed by atoms with Crippen molar-refractivity contribution < 1.29 is 4.79 Å². The minimum atomic E-state index is -0.182. The van der Waals surface area contributed by atoms with Crippen LogP contribution in [-0.4, -0.2) is 15.7 Å². The van der Waals surface area contributed by atoms with E-state index in [9.17, 15) is 9.59 Å². The molecule has 0 bridgehead atoms. The molecule has 1 amide bonds. The fraction of sp³-hybridized carbons (Fsp3) is 0.375. The Bertz CT molecular complexity index is 755. The molecule has 1 aliphatic rings. The van der Waals surface area contributed by atoms with Gasteiger partial charge in [0.15, 0.2) is 0 Å². The predicted octanol–water partition coefficient (Wildman–Crippen LogP) is 2.54. The Morgan fingerprint density at radius 3 is 2.62 bits per heavy atom. The molecule has 0 fully saturated rings. The van der Waals surface area contributed by atoms with E-state index in [-0.39, 0.29) is 23.4 Å². The van der Waals surface area contributed by atoms with E-state index in [1.54, 1.807) is 4.68 Å². The third-order valence-corrected chi connectivity index (χ3v) is 4.04. The van der Waals surface area contributed by atoms with Crippen molar-refractivity contribution in [3.63, 3.8) is 0 Å². The first-order chi connectivity index (χ1) is 9.99. The van der Waals surface area contributed by atoms with Crippen molar-refractivity contribution in [3.8, 4) is 0 Å². The van der Waals surface area contributed by atoms with Gasteiger partial charge in [-0.1, -0.05) is 24.3 Å². The summed E-state index contributed by atoms with van der Waals surface area (Å²) in [5.41, 5.74) is 2.69. The van der Waals surface area contributed by atoms with Crippen molar-refractivity contribution in [2.24, 2.45) is 0 Å². The second kappa shape index (κ2) is 4.91. The number of nitrogens with one attached hydrogen (secondary N) is 2. The summed E-state index contributed by atoms with van der Waals surface area (Å²) in [5.74, 6) is 0.377. The third-order valence-electron chi connectivity index (χ3n) is 4.04. The van der Waals surface area contributed by atoms with Gasteiger partial charge in [0.1, 0.15) is 5.82 Å². The molecule has 0 unspecified atom stereocenters. The Labute approximate surface area is 123 Å². The summed E-state index contributed by atoms with van der Waals surface area (Å²) in [7, 11) is 0. The number of rotatable bonds is 2. The highest BCUT2D eigenvalue weighted by atomic mass is 16.2. The number of aryl methyl sites for hydroxylation is 1. The van der Waals surface area contributed by atoms with Crippen LogP contribution in [0, 0.1) is 6.92 Å². The lowest BCUT2D eigenvalue weighted by molar-refractivity contribution is -0.116. The zero-order chi connectivity index (χ0) is 15.1. The van der Waals surface area contributed by atoms with Crippen LogP contribution in [0.2, 0.25) is 0 Å². The summed E-state index contributed by atoms with van der Waals surface area (Å²) < 4.78 is 1.74. The van der Waals surface area contributed by atoms with E-state index in [4.69, 9.17) is 0 Å². The highest BCUT2D eigenvalue weighted by Crippen LogP contribution is 2.36. The summed E-state index contributed by atoms with van der Waals surface area (Å²) in [6, 6.07) is 8.00. The van der Waals surface area contributed by atoms with Crippen molar-refractivity contribution in [1.29, 1.82) is 0 Å². The average molecular weight is 285 g/mol. The number of hydrogen-bond acceptors (Lipinski definition) is 2. The molecule has 0 saturated carbocycles. The lowest BCUT2D eigenvalue weighted by atomic mass is 9.85. The minimum Gasteiger partial charge on any atom is -0.311 e. The number of carbonyl (C=O) groups excluding carboxylic acids is 1. The van der Waals surface area contributed by atoms with Crippen molar-refractivity contribution in [1.82, 2.24) is 9.78 Å². The first-order valence-corrected chi connectivity index (χ1v) is 7.18. The summed E-state index contributed by atoms with van der Waals surface area (Å²) >= 11 is 0. The zero-order valence-corrected chi connectivity index (χ0v) is 12.4. The fourth-order valence-corrected chi connectivity index (χ4v) is 3.01. The van der Waals surface area contributed by atoms with Gasteiger partial charge in [0.25, 0.3) is 5.56 Å². The third kappa shape index (κ3) is 2.18. The van der Waals surface area contributed by atoms with Gasteiger partial charge >= 0.3 is 0 Å². The number of fused-ring (bicyclic) bond motifs is 1. The molecule has 3 rings (SSSR count). The standard InChI is InChI=1S/C16H19N3O2/c1-9(2)19-15-14(16(21)18-19)12(8-13(20)17-15)11-7-5-4-6-10(11)3/h4-7,9,12H,8H2,1-3H3,(H,17,20)(H,18,21)/t12-/m0/s1. The highest BCUT2D eigenvalue weighted by molar-refractivity contribution is 5.94. The second-order valence-corrected chi connectivity index (χ2v) is 5.83. The largest absolute Gasteiger partial charge is 0.311 e. The Balaban J connectivity index is 2.21. The van der Waals surface area contributed by atoms with Gasteiger partial charge in [0.05, 0.1) is 5.56 Å². The van der Waals surface area contributed by atoms with Gasteiger partial charge < -0.3 is 5.32 Å². The highest BCUT2D eigenvalue weighted by Gasteiger charge is 2.33. The van der Waals surface area contributed by atoms with E-state index in [2.05, 4.69) is 10.4 Å². The number of carbonyl (C=O) groups is 1. The Kier molecular flexibility index (Phi) is 3.20. The fourth-order valence-electron chi connectivity index (χ4n) is 3.01. The van der Waals surface area contributed by atoms with Crippen LogP contribution in [0.5, 0.6) is 0 Å². The molecular formula is C16H19N3O2. The molecule has 0 spiro atoms. The predicted molar refractivity (Wildman–Crippen MR) is 81.7 cm³/mol. The van der Waals surface area contributed by atoms with Crippen molar-refractivity contribution in [2.75, 3.05) is 5.32 Å². The first kappa shape index (κ1) is 13.7. The minimum absolute atomic E-state index is 0.0517. The van der Waals surface area contributed by atoms with E-state index < -0.39 is 0 Å². The van der Waals surface area contributed by atoms with E-state index in [0.29, 0.717) is 17.8 Å². The molecule has 2 heterocycles. The van der Waals surface area contributed by atoms with Crippen LogP contribution in [0.25, 0.3) is 0 Å². The molecule has 2 aromatic rings. The number of benzene rings is 1. The number of hydrogen-bond donors (Lipinski definition) is 2. The van der Waals surface area contributed by atoms with Crippen molar-refractivity contribution in [3.05, 3.63) is 51.3 Å². The van der Waals surface area contributed by atoms with E-state index in [1.165, 1.54) is 0 Å². The molecule has 1 aromatic heterocycles. The molecule has 110 valence electrons. The summed E-state index contributed by atoms with van der Waals surface area (Å²) in [4.78, 5) is 24.4. The maximum Gasteiger partial charge on any atom is 0.270 e. The smallest absolute Gasteiger partial charge is 0.270 e. The van der Waals surface area contributed by atoms with Gasteiger partial charge in [0.2, 0.25) is 5.91 Å². The van der Waals surface area contributed by atoms with Crippen LogP contribution in [0.4, 0.5) is 5.82 Å². The Morgan fingerprint density at radius 1 is 1.24 bits per heavy atom. The molecule has 0 aliphatic carbocycles. The molecular weight excluding hydrogens is 266 g/mol. The Hall–Kier alpha value is -2.30. The SMILES string of the molecule is Cc1ccccc1[C@@H]1CC(=O)Nc2c1c(=O)[nH]n2C(C)C. The average Bonchev–Trinajstić information content (AvgIpc) is 2.76. The lowest BCUT2D eigenvalue weighted by Gasteiger charge is -2.25. The lowest BCUT2D eigenvalue weighted by Crippen LogP contribution is -2.27. The molecule has 1 atom stereocenters. The van der Waals surface area contributed by atoms with Crippen LogP contribution in [0.3, 0.4) is 0 Å².